The highest BCUT2D eigenvalue weighted by Crippen LogP contribution is 2.32. The lowest BCUT2D eigenvalue weighted by atomic mass is 10.1. The Bertz CT molecular complexity index is 897. The largest absolute Gasteiger partial charge is 0.454 e. The minimum atomic E-state index is -0.156. The monoisotopic (exact) mass is 367 g/mol. The van der Waals surface area contributed by atoms with E-state index in [0.717, 1.165) is 28.3 Å². The lowest BCUT2D eigenvalue weighted by Crippen LogP contribution is -2.29. The van der Waals surface area contributed by atoms with Crippen LogP contribution < -0.4 is 25.0 Å². The van der Waals surface area contributed by atoms with Crippen LogP contribution in [0.1, 0.15) is 21.5 Å². The quantitative estimate of drug-likeness (QED) is 0.849. The number of rotatable bonds is 5. The van der Waals surface area contributed by atoms with Crippen LogP contribution in [0.15, 0.2) is 36.4 Å². The van der Waals surface area contributed by atoms with Crippen LogP contribution in [0.3, 0.4) is 0 Å². The average molecular weight is 367 g/mol. The van der Waals surface area contributed by atoms with E-state index in [9.17, 15) is 9.59 Å². The number of nitrogens with zero attached hydrogens (tertiary/aromatic N) is 1. The minimum absolute atomic E-state index is 0.126. The number of anilines is 1. The van der Waals surface area contributed by atoms with Crippen molar-refractivity contribution < 1.29 is 19.1 Å². The summed E-state index contributed by atoms with van der Waals surface area (Å²) in [5.41, 5.74) is 3.34. The predicted octanol–water partition coefficient (Wildman–Crippen LogP) is 2.23. The summed E-state index contributed by atoms with van der Waals surface area (Å²) in [6.07, 6.45) is 0.690. The van der Waals surface area contributed by atoms with Gasteiger partial charge in [0.15, 0.2) is 11.5 Å². The van der Waals surface area contributed by atoms with E-state index in [2.05, 4.69) is 10.6 Å². The van der Waals surface area contributed by atoms with Gasteiger partial charge in [-0.15, -0.1) is 0 Å². The highest BCUT2D eigenvalue weighted by molar-refractivity contribution is 5.99. The zero-order chi connectivity index (χ0) is 18.8. The molecule has 0 atom stereocenters. The van der Waals surface area contributed by atoms with Crippen LogP contribution in [0, 0.1) is 6.92 Å². The van der Waals surface area contributed by atoms with Crippen molar-refractivity contribution in [3.8, 4) is 11.5 Å². The molecule has 2 N–H and O–H groups in total. The van der Waals surface area contributed by atoms with Crippen molar-refractivity contribution in [1.29, 1.82) is 0 Å². The summed E-state index contributed by atoms with van der Waals surface area (Å²) in [5.74, 6) is 1.34. The zero-order valence-electron chi connectivity index (χ0n) is 15.1. The second-order valence-corrected chi connectivity index (χ2v) is 6.58. The molecule has 2 aromatic rings. The molecule has 0 spiro atoms. The fraction of sp³-hybridized carbons (Fsp3) is 0.300. The molecule has 2 heterocycles. The molecule has 1 saturated heterocycles. The Morgan fingerprint density at radius 3 is 2.85 bits per heavy atom. The first kappa shape index (κ1) is 17.2. The molecule has 2 aliphatic rings. The zero-order valence-corrected chi connectivity index (χ0v) is 15.1. The van der Waals surface area contributed by atoms with Gasteiger partial charge in [0.2, 0.25) is 6.79 Å². The van der Waals surface area contributed by atoms with Crippen LogP contribution in [-0.2, 0) is 6.42 Å². The Morgan fingerprint density at radius 1 is 1.19 bits per heavy atom. The van der Waals surface area contributed by atoms with Gasteiger partial charge in [0.25, 0.3) is 5.91 Å². The summed E-state index contributed by atoms with van der Waals surface area (Å²) < 4.78 is 10.7. The molecule has 0 saturated carbocycles. The summed E-state index contributed by atoms with van der Waals surface area (Å²) in [6.45, 7) is 3.91. The maximum atomic E-state index is 12.5. The van der Waals surface area contributed by atoms with E-state index in [-0.39, 0.29) is 18.7 Å². The Morgan fingerprint density at radius 2 is 2.04 bits per heavy atom. The maximum absolute atomic E-state index is 12.5. The van der Waals surface area contributed by atoms with Gasteiger partial charge in [-0.05, 0) is 48.7 Å². The van der Waals surface area contributed by atoms with Gasteiger partial charge in [0.05, 0.1) is 0 Å². The molecule has 1 fully saturated rings. The predicted molar refractivity (Wildman–Crippen MR) is 101 cm³/mol. The number of urea groups is 1. The molecule has 2 aromatic carbocycles. The van der Waals surface area contributed by atoms with E-state index >= 15 is 0 Å². The summed E-state index contributed by atoms with van der Waals surface area (Å²) in [5, 5.41) is 5.72. The molecule has 2 aliphatic heterocycles. The maximum Gasteiger partial charge on any atom is 0.322 e. The summed E-state index contributed by atoms with van der Waals surface area (Å²) in [7, 11) is 0. The Hall–Kier alpha value is -3.22. The third-order valence-corrected chi connectivity index (χ3v) is 4.76. The number of fused-ring (bicyclic) bond motifs is 1. The van der Waals surface area contributed by atoms with Crippen LogP contribution in [0.5, 0.6) is 11.5 Å². The van der Waals surface area contributed by atoms with E-state index < -0.39 is 0 Å². The van der Waals surface area contributed by atoms with Crippen molar-refractivity contribution in [3.05, 3.63) is 53.1 Å². The van der Waals surface area contributed by atoms with Gasteiger partial charge in [-0.2, -0.15) is 0 Å². The van der Waals surface area contributed by atoms with Gasteiger partial charge in [-0.3, -0.25) is 9.69 Å². The van der Waals surface area contributed by atoms with Gasteiger partial charge < -0.3 is 20.1 Å². The number of hydrogen-bond acceptors (Lipinski definition) is 4. The number of carbonyl (C=O) groups excluding carboxylic acids is 2. The van der Waals surface area contributed by atoms with E-state index in [1.54, 1.807) is 17.0 Å². The number of carbonyl (C=O) groups is 2. The van der Waals surface area contributed by atoms with E-state index in [1.165, 1.54) is 0 Å². The molecule has 0 unspecified atom stereocenters. The second kappa shape index (κ2) is 7.19. The summed E-state index contributed by atoms with van der Waals surface area (Å²) in [4.78, 5) is 26.1. The molecule has 7 heteroatoms. The minimum Gasteiger partial charge on any atom is -0.454 e. The molecular formula is C20H21N3O4. The number of hydrogen-bond donors (Lipinski definition) is 2. The van der Waals surface area contributed by atoms with Crippen molar-refractivity contribution in [2.75, 3.05) is 31.3 Å². The van der Waals surface area contributed by atoms with Crippen molar-refractivity contribution in [1.82, 2.24) is 10.6 Å². The number of amides is 3. The average Bonchev–Trinajstić information content (AvgIpc) is 3.30. The van der Waals surface area contributed by atoms with Crippen LogP contribution >= 0.6 is 0 Å². The van der Waals surface area contributed by atoms with E-state index in [0.29, 0.717) is 31.6 Å². The van der Waals surface area contributed by atoms with Crippen LogP contribution in [0.25, 0.3) is 0 Å². The molecule has 7 nitrogen and oxygen atoms in total. The van der Waals surface area contributed by atoms with Crippen LogP contribution in [-0.4, -0.2) is 38.4 Å². The molecule has 0 aliphatic carbocycles. The van der Waals surface area contributed by atoms with Crippen molar-refractivity contribution in [3.63, 3.8) is 0 Å². The van der Waals surface area contributed by atoms with Crippen molar-refractivity contribution >= 4 is 17.6 Å². The first-order chi connectivity index (χ1) is 13.1. The van der Waals surface area contributed by atoms with E-state index in [4.69, 9.17) is 9.47 Å². The molecule has 27 heavy (non-hydrogen) atoms. The molecule has 140 valence electrons. The van der Waals surface area contributed by atoms with E-state index in [1.807, 2.05) is 31.2 Å². The van der Waals surface area contributed by atoms with Gasteiger partial charge in [0, 0.05) is 30.9 Å². The van der Waals surface area contributed by atoms with Gasteiger partial charge in [-0.25, -0.2) is 4.79 Å². The molecule has 0 bridgehead atoms. The standard InChI is InChI=1S/C20H21N3O4/c1-13-2-4-15(11-16(13)23-9-8-22-20(23)25)19(24)21-7-6-14-3-5-17-18(10-14)27-12-26-17/h2-5,10-11H,6-9,12H2,1H3,(H,21,24)(H,22,25). The second-order valence-electron chi connectivity index (χ2n) is 6.58. The van der Waals surface area contributed by atoms with Gasteiger partial charge in [-0.1, -0.05) is 12.1 Å². The lowest BCUT2D eigenvalue weighted by molar-refractivity contribution is 0.0954. The highest BCUT2D eigenvalue weighted by atomic mass is 16.7. The number of ether oxygens (including phenoxy) is 2. The number of aryl methyl sites for hydroxylation is 1. The SMILES string of the molecule is Cc1ccc(C(=O)NCCc2ccc3c(c2)OCO3)cc1N1CCNC1=O. The molecule has 3 amide bonds. The Labute approximate surface area is 157 Å². The molecule has 4 rings (SSSR count). The summed E-state index contributed by atoms with van der Waals surface area (Å²) in [6, 6.07) is 11.1. The third kappa shape index (κ3) is 3.53. The molecule has 0 aromatic heterocycles. The normalized spacial score (nSPS) is 15.0. The third-order valence-electron chi connectivity index (χ3n) is 4.76. The fourth-order valence-corrected chi connectivity index (χ4v) is 3.26. The summed E-state index contributed by atoms with van der Waals surface area (Å²) >= 11 is 0. The number of nitrogens with one attached hydrogen (secondary N) is 2. The Kier molecular flexibility index (Phi) is 4.58. The van der Waals surface area contributed by atoms with Crippen molar-refractivity contribution in [2.24, 2.45) is 0 Å². The number of benzene rings is 2. The molecular weight excluding hydrogens is 346 g/mol. The van der Waals surface area contributed by atoms with Crippen LogP contribution in [0.4, 0.5) is 10.5 Å². The fourth-order valence-electron chi connectivity index (χ4n) is 3.26. The van der Waals surface area contributed by atoms with Crippen LogP contribution in [0.2, 0.25) is 0 Å². The first-order valence-corrected chi connectivity index (χ1v) is 8.94. The van der Waals surface area contributed by atoms with Gasteiger partial charge >= 0.3 is 6.03 Å². The first-order valence-electron chi connectivity index (χ1n) is 8.94. The van der Waals surface area contributed by atoms with Crippen molar-refractivity contribution in [2.45, 2.75) is 13.3 Å². The van der Waals surface area contributed by atoms with Gasteiger partial charge in [0.1, 0.15) is 0 Å². The lowest BCUT2D eigenvalue weighted by Gasteiger charge is -2.18. The topological polar surface area (TPSA) is 79.9 Å². The smallest absolute Gasteiger partial charge is 0.322 e. The Balaban J connectivity index is 1.39. The molecule has 0 radical (unpaired) electrons. The highest BCUT2D eigenvalue weighted by Gasteiger charge is 2.23.